The minimum Gasteiger partial charge on any atom is -0.406 e. The summed E-state index contributed by atoms with van der Waals surface area (Å²) in [7, 11) is 0. The Morgan fingerprint density at radius 1 is 1.18 bits per heavy atom. The average Bonchev–Trinajstić information content (AvgIpc) is 3.23. The van der Waals surface area contributed by atoms with E-state index in [9.17, 15) is 27.2 Å². The molecule has 0 radical (unpaired) electrons. The Labute approximate surface area is 156 Å². The molecule has 0 bridgehead atoms. The summed E-state index contributed by atoms with van der Waals surface area (Å²) < 4.78 is 55.0. The molecule has 1 aromatic heterocycles. The van der Waals surface area contributed by atoms with Gasteiger partial charge in [0.15, 0.2) is 5.82 Å². The molecule has 1 aliphatic heterocycles. The van der Waals surface area contributed by atoms with Gasteiger partial charge in [-0.05, 0) is 42.7 Å². The molecular weight excluding hydrogens is 382 g/mol. The molecule has 2 fully saturated rings. The third-order valence-corrected chi connectivity index (χ3v) is 4.95. The minimum absolute atomic E-state index is 0.0694. The number of halogens is 4. The van der Waals surface area contributed by atoms with Crippen LogP contribution >= 0.6 is 0 Å². The van der Waals surface area contributed by atoms with Gasteiger partial charge in [-0.2, -0.15) is 0 Å². The van der Waals surface area contributed by atoms with Crippen molar-refractivity contribution in [2.75, 3.05) is 9.80 Å². The van der Waals surface area contributed by atoms with Crippen LogP contribution in [0.25, 0.3) is 0 Å². The SMILES string of the molecule is CC1CC12C(=O)N(c1ccc(OC(F)(F)F)cc1)C(=O)N2c1ccncc1F. The summed E-state index contributed by atoms with van der Waals surface area (Å²) >= 11 is 0. The van der Waals surface area contributed by atoms with Crippen LogP contribution in [0.3, 0.4) is 0 Å². The second-order valence-corrected chi connectivity index (χ2v) is 6.66. The second kappa shape index (κ2) is 5.91. The molecule has 4 rings (SSSR count). The zero-order valence-electron chi connectivity index (χ0n) is 14.4. The number of pyridine rings is 1. The van der Waals surface area contributed by atoms with Gasteiger partial charge in [-0.25, -0.2) is 14.1 Å². The van der Waals surface area contributed by atoms with Gasteiger partial charge in [-0.15, -0.1) is 13.2 Å². The van der Waals surface area contributed by atoms with E-state index in [1.165, 1.54) is 24.4 Å². The van der Waals surface area contributed by atoms with Crippen LogP contribution in [0.5, 0.6) is 5.75 Å². The average molecular weight is 395 g/mol. The number of aromatic nitrogens is 1. The first-order chi connectivity index (χ1) is 13.1. The first-order valence-corrected chi connectivity index (χ1v) is 8.29. The normalized spacial score (nSPS) is 24.2. The first-order valence-electron chi connectivity index (χ1n) is 8.29. The Morgan fingerprint density at radius 3 is 2.36 bits per heavy atom. The van der Waals surface area contributed by atoms with Crippen LogP contribution in [-0.4, -0.2) is 28.8 Å². The third kappa shape index (κ3) is 2.67. The lowest BCUT2D eigenvalue weighted by Crippen LogP contribution is -2.39. The van der Waals surface area contributed by atoms with E-state index < -0.39 is 35.4 Å². The molecule has 1 saturated heterocycles. The molecule has 1 aliphatic carbocycles. The molecule has 2 unspecified atom stereocenters. The summed E-state index contributed by atoms with van der Waals surface area (Å²) in [5, 5.41) is 0. The number of hydrogen-bond acceptors (Lipinski definition) is 4. The Hall–Kier alpha value is -3.17. The maximum absolute atomic E-state index is 14.3. The number of amides is 3. The predicted octanol–water partition coefficient (Wildman–Crippen LogP) is 3.87. The molecule has 3 amide bonds. The fraction of sp³-hybridized carbons (Fsp3) is 0.278. The highest BCUT2D eigenvalue weighted by Crippen LogP contribution is 2.55. The van der Waals surface area contributed by atoms with E-state index in [2.05, 4.69) is 9.72 Å². The van der Waals surface area contributed by atoms with Crippen LogP contribution in [-0.2, 0) is 4.79 Å². The minimum atomic E-state index is -4.86. The van der Waals surface area contributed by atoms with E-state index >= 15 is 0 Å². The molecule has 10 heteroatoms. The van der Waals surface area contributed by atoms with Gasteiger partial charge in [0.25, 0.3) is 5.91 Å². The number of anilines is 2. The highest BCUT2D eigenvalue weighted by atomic mass is 19.4. The maximum atomic E-state index is 14.3. The summed E-state index contributed by atoms with van der Waals surface area (Å²) in [5.41, 5.74) is -1.21. The van der Waals surface area contributed by atoms with E-state index in [0.29, 0.717) is 6.42 Å². The van der Waals surface area contributed by atoms with Crippen molar-refractivity contribution in [3.8, 4) is 5.75 Å². The Bertz CT molecular complexity index is 963. The molecule has 6 nitrogen and oxygen atoms in total. The van der Waals surface area contributed by atoms with Crippen LogP contribution in [0.1, 0.15) is 13.3 Å². The van der Waals surface area contributed by atoms with Crippen molar-refractivity contribution in [2.45, 2.75) is 25.2 Å². The van der Waals surface area contributed by atoms with Crippen LogP contribution in [0, 0.1) is 11.7 Å². The molecular formula is C18H13F4N3O3. The van der Waals surface area contributed by atoms with Gasteiger partial charge in [-0.1, -0.05) is 6.92 Å². The molecule has 2 heterocycles. The van der Waals surface area contributed by atoms with E-state index in [0.717, 1.165) is 28.1 Å². The summed E-state index contributed by atoms with van der Waals surface area (Å²) in [6.45, 7) is 1.76. The van der Waals surface area contributed by atoms with Gasteiger partial charge >= 0.3 is 12.4 Å². The van der Waals surface area contributed by atoms with Crippen LogP contribution in [0.2, 0.25) is 0 Å². The number of hydrogen-bond donors (Lipinski definition) is 0. The Kier molecular flexibility index (Phi) is 3.84. The molecule has 2 atom stereocenters. The van der Waals surface area contributed by atoms with Crippen molar-refractivity contribution in [1.82, 2.24) is 4.98 Å². The van der Waals surface area contributed by atoms with Crippen LogP contribution in [0.15, 0.2) is 42.7 Å². The van der Waals surface area contributed by atoms with Gasteiger partial charge in [0.05, 0.1) is 17.6 Å². The van der Waals surface area contributed by atoms with E-state index in [-0.39, 0.29) is 17.3 Å². The Morgan fingerprint density at radius 2 is 1.82 bits per heavy atom. The lowest BCUT2D eigenvalue weighted by molar-refractivity contribution is -0.274. The fourth-order valence-electron chi connectivity index (χ4n) is 3.56. The smallest absolute Gasteiger partial charge is 0.406 e. The predicted molar refractivity (Wildman–Crippen MR) is 89.2 cm³/mol. The van der Waals surface area contributed by atoms with Crippen LogP contribution in [0.4, 0.5) is 33.7 Å². The van der Waals surface area contributed by atoms with Gasteiger partial charge in [-0.3, -0.25) is 14.7 Å². The van der Waals surface area contributed by atoms with Crippen molar-refractivity contribution in [3.05, 3.63) is 48.5 Å². The van der Waals surface area contributed by atoms with Crippen molar-refractivity contribution in [3.63, 3.8) is 0 Å². The summed E-state index contributed by atoms with van der Waals surface area (Å²) in [6, 6.07) is 4.87. The number of alkyl halides is 3. The number of nitrogens with zero attached hydrogens (tertiary/aromatic N) is 3. The van der Waals surface area contributed by atoms with Gasteiger partial charge in [0.1, 0.15) is 11.3 Å². The lowest BCUT2D eigenvalue weighted by Gasteiger charge is -2.22. The summed E-state index contributed by atoms with van der Waals surface area (Å²) in [5.74, 6) is -1.99. The zero-order chi connectivity index (χ0) is 20.3. The van der Waals surface area contributed by atoms with Crippen molar-refractivity contribution < 1.29 is 31.9 Å². The fourth-order valence-corrected chi connectivity index (χ4v) is 3.56. The first kappa shape index (κ1) is 18.2. The summed E-state index contributed by atoms with van der Waals surface area (Å²) in [4.78, 5) is 31.7. The van der Waals surface area contributed by atoms with E-state index in [4.69, 9.17) is 0 Å². The number of urea groups is 1. The number of benzene rings is 1. The maximum Gasteiger partial charge on any atom is 0.573 e. The number of carbonyl (C=O) groups excluding carboxylic acids is 2. The molecule has 1 aromatic carbocycles. The number of rotatable bonds is 3. The number of ether oxygens (including phenoxy) is 1. The van der Waals surface area contributed by atoms with Crippen molar-refractivity contribution in [2.24, 2.45) is 5.92 Å². The second-order valence-electron chi connectivity index (χ2n) is 6.66. The van der Waals surface area contributed by atoms with Gasteiger partial charge in [0.2, 0.25) is 0 Å². The molecule has 146 valence electrons. The van der Waals surface area contributed by atoms with Gasteiger partial charge in [0, 0.05) is 6.20 Å². The van der Waals surface area contributed by atoms with Crippen molar-refractivity contribution >= 4 is 23.3 Å². The quantitative estimate of drug-likeness (QED) is 0.585. The van der Waals surface area contributed by atoms with Gasteiger partial charge < -0.3 is 4.74 Å². The molecule has 28 heavy (non-hydrogen) atoms. The topological polar surface area (TPSA) is 62.7 Å². The highest BCUT2D eigenvalue weighted by molar-refractivity contribution is 6.31. The lowest BCUT2D eigenvalue weighted by atomic mass is 10.1. The van der Waals surface area contributed by atoms with Crippen molar-refractivity contribution in [1.29, 1.82) is 0 Å². The molecule has 0 N–H and O–H groups in total. The third-order valence-electron chi connectivity index (χ3n) is 4.95. The number of imide groups is 1. The number of carbonyl (C=O) groups is 2. The Balaban J connectivity index is 1.71. The van der Waals surface area contributed by atoms with E-state index in [1.807, 2.05) is 0 Å². The molecule has 1 saturated carbocycles. The zero-order valence-corrected chi connectivity index (χ0v) is 14.4. The molecule has 2 aliphatic rings. The monoisotopic (exact) mass is 395 g/mol. The highest BCUT2D eigenvalue weighted by Gasteiger charge is 2.71. The summed E-state index contributed by atoms with van der Waals surface area (Å²) in [6.07, 6.45) is -2.25. The van der Waals surface area contributed by atoms with Crippen LogP contribution < -0.4 is 14.5 Å². The molecule has 2 aromatic rings. The standard InChI is InChI=1S/C18H13F4N3O3/c1-10-8-17(10)15(26)24(11-2-4-12(5-3-11)28-18(20,21)22)16(27)25(17)14-6-7-23-9-13(14)19/h2-7,9-10H,8H2,1H3. The molecule has 1 spiro atoms. The largest absolute Gasteiger partial charge is 0.573 e. The van der Waals surface area contributed by atoms with E-state index in [1.54, 1.807) is 6.92 Å².